The molecule has 2 aromatic heterocycles. The molecule has 11 nitrogen and oxygen atoms in total. The Balaban J connectivity index is 1.60. The summed E-state index contributed by atoms with van der Waals surface area (Å²) in [5.41, 5.74) is 0.177. The molecule has 0 spiro atoms. The lowest BCUT2D eigenvalue weighted by molar-refractivity contribution is -0.134. The van der Waals surface area contributed by atoms with Crippen molar-refractivity contribution < 1.29 is 37.5 Å². The van der Waals surface area contributed by atoms with Gasteiger partial charge in [0.1, 0.15) is 17.8 Å². The number of carbonyl (C=O) groups excluding carboxylic acids is 4. The van der Waals surface area contributed by atoms with Crippen LogP contribution in [0.4, 0.5) is 14.3 Å². The molecule has 35 heavy (non-hydrogen) atoms. The monoisotopic (exact) mass is 502 g/mol. The maximum absolute atomic E-state index is 14.2. The Kier molecular flexibility index (Phi) is 6.78. The number of esters is 1. The smallest absolute Gasteiger partial charge is 0.357 e. The molecule has 4 amide bonds. The Morgan fingerprint density at radius 1 is 1.31 bits per heavy atom. The number of methoxy groups -OCH3 is 2. The molecule has 3 heterocycles. The molecule has 1 aliphatic heterocycles. The zero-order chi connectivity index (χ0) is 25.1. The third-order valence-electron chi connectivity index (χ3n) is 5.20. The van der Waals surface area contributed by atoms with E-state index >= 15 is 0 Å². The van der Waals surface area contributed by atoms with Crippen LogP contribution in [-0.2, 0) is 20.7 Å². The number of imide groups is 1. The minimum atomic E-state index is -1.33. The number of benzene rings is 1. The van der Waals surface area contributed by atoms with Crippen LogP contribution in [0.15, 0.2) is 46.4 Å². The topological polar surface area (TPSA) is 140 Å². The summed E-state index contributed by atoms with van der Waals surface area (Å²) < 4.78 is 29.0. The fourth-order valence-corrected chi connectivity index (χ4v) is 4.20. The van der Waals surface area contributed by atoms with E-state index in [0.29, 0.717) is 5.76 Å². The number of halogens is 1. The molecule has 1 unspecified atom stereocenters. The normalized spacial score (nSPS) is 16.1. The van der Waals surface area contributed by atoms with E-state index in [0.717, 1.165) is 22.3 Å². The van der Waals surface area contributed by atoms with Crippen LogP contribution in [0.3, 0.4) is 0 Å². The first-order valence-corrected chi connectivity index (χ1v) is 11.0. The predicted octanol–water partition coefficient (Wildman–Crippen LogP) is 2.51. The number of aromatic nitrogens is 1. The lowest BCUT2D eigenvalue weighted by atomic mass is 10.0. The van der Waals surface area contributed by atoms with Gasteiger partial charge in [-0.15, -0.1) is 11.3 Å². The molecule has 4 rings (SSSR count). The van der Waals surface area contributed by atoms with E-state index in [-0.39, 0.29) is 28.6 Å². The number of nitrogens with zero attached hydrogens (tertiary/aromatic N) is 2. The SMILES string of the molecule is COC(=O)c1csc(NC(=O)[C@H](Cc2ccco2)N2C(=O)NC(c3ccc(OC)c(F)c3)C2=O)n1. The summed E-state index contributed by atoms with van der Waals surface area (Å²) in [5, 5.41) is 6.47. The maximum atomic E-state index is 14.2. The number of carbonyl (C=O) groups is 4. The Morgan fingerprint density at radius 2 is 2.11 bits per heavy atom. The molecule has 0 aliphatic carbocycles. The fourth-order valence-electron chi connectivity index (χ4n) is 3.52. The maximum Gasteiger partial charge on any atom is 0.357 e. The largest absolute Gasteiger partial charge is 0.494 e. The molecular weight excluding hydrogens is 483 g/mol. The molecule has 0 bridgehead atoms. The number of furan rings is 1. The van der Waals surface area contributed by atoms with Crippen LogP contribution in [0.2, 0.25) is 0 Å². The molecule has 0 saturated carbocycles. The quantitative estimate of drug-likeness (QED) is 0.354. The minimum Gasteiger partial charge on any atom is -0.494 e. The van der Waals surface area contributed by atoms with E-state index in [2.05, 4.69) is 20.4 Å². The summed E-state index contributed by atoms with van der Waals surface area (Å²) in [5.74, 6) is -2.55. The number of anilines is 1. The average molecular weight is 502 g/mol. The van der Waals surface area contributed by atoms with Crippen LogP contribution < -0.4 is 15.4 Å². The van der Waals surface area contributed by atoms with Crippen LogP contribution in [0.25, 0.3) is 0 Å². The summed E-state index contributed by atoms with van der Waals surface area (Å²) in [7, 11) is 2.50. The molecule has 13 heteroatoms. The van der Waals surface area contributed by atoms with Crippen LogP contribution >= 0.6 is 11.3 Å². The van der Waals surface area contributed by atoms with Crippen LogP contribution in [0.5, 0.6) is 5.75 Å². The standard InChI is InChI=1S/C22H19FN4O7S/c1-32-16-6-5-11(8-13(16)23)17-19(29)27(22(31)25-17)15(9-12-4-3-7-34-12)18(28)26-21-24-14(10-35-21)20(30)33-2/h3-8,10,15,17H,9H2,1-2H3,(H,25,31)(H,24,26,28)/t15-,17?/m0/s1. The van der Waals surface area contributed by atoms with E-state index in [1.54, 1.807) is 12.1 Å². The molecule has 3 aromatic rings. The van der Waals surface area contributed by atoms with Gasteiger partial charge in [-0.2, -0.15) is 0 Å². The number of amides is 4. The zero-order valence-electron chi connectivity index (χ0n) is 18.4. The summed E-state index contributed by atoms with van der Waals surface area (Å²) >= 11 is 0.969. The van der Waals surface area contributed by atoms with Crippen molar-refractivity contribution >= 4 is 40.3 Å². The second-order valence-corrected chi connectivity index (χ2v) is 8.16. The van der Waals surface area contributed by atoms with E-state index in [1.165, 1.54) is 38.0 Å². The highest BCUT2D eigenvalue weighted by Crippen LogP contribution is 2.29. The number of urea groups is 1. The summed E-state index contributed by atoms with van der Waals surface area (Å²) in [6.07, 6.45) is 1.26. The number of hydrogen-bond acceptors (Lipinski definition) is 9. The Bertz CT molecular complexity index is 1280. The third-order valence-corrected chi connectivity index (χ3v) is 5.96. The predicted molar refractivity (Wildman–Crippen MR) is 119 cm³/mol. The molecule has 1 fully saturated rings. The first-order valence-electron chi connectivity index (χ1n) is 10.2. The van der Waals surface area contributed by atoms with Gasteiger partial charge in [0.15, 0.2) is 22.4 Å². The lowest BCUT2D eigenvalue weighted by Gasteiger charge is -2.23. The lowest BCUT2D eigenvalue weighted by Crippen LogP contribution is -2.49. The second-order valence-electron chi connectivity index (χ2n) is 7.30. The van der Waals surface area contributed by atoms with Crippen LogP contribution in [0, 0.1) is 5.82 Å². The first kappa shape index (κ1) is 23.9. The van der Waals surface area contributed by atoms with Gasteiger partial charge in [-0.05, 0) is 29.8 Å². The van der Waals surface area contributed by atoms with Crippen molar-refractivity contribution in [1.29, 1.82) is 0 Å². The molecule has 1 saturated heterocycles. The molecule has 0 radical (unpaired) electrons. The highest BCUT2D eigenvalue weighted by atomic mass is 32.1. The van der Waals surface area contributed by atoms with Gasteiger partial charge < -0.3 is 24.5 Å². The Morgan fingerprint density at radius 3 is 2.77 bits per heavy atom. The number of ether oxygens (including phenoxy) is 2. The number of nitrogens with one attached hydrogen (secondary N) is 2. The minimum absolute atomic E-state index is 0.00743. The molecule has 1 aliphatic rings. The van der Waals surface area contributed by atoms with Gasteiger partial charge in [0.25, 0.3) is 5.91 Å². The van der Waals surface area contributed by atoms with E-state index < -0.39 is 41.7 Å². The van der Waals surface area contributed by atoms with Gasteiger partial charge in [-0.3, -0.25) is 9.59 Å². The zero-order valence-corrected chi connectivity index (χ0v) is 19.3. The van der Waals surface area contributed by atoms with Crippen molar-refractivity contribution in [2.45, 2.75) is 18.5 Å². The molecule has 2 N–H and O–H groups in total. The highest BCUT2D eigenvalue weighted by Gasteiger charge is 2.46. The van der Waals surface area contributed by atoms with Gasteiger partial charge in [0.2, 0.25) is 5.91 Å². The number of hydrogen-bond donors (Lipinski definition) is 2. The average Bonchev–Trinajstić information content (AvgIpc) is 3.58. The van der Waals surface area contributed by atoms with Crippen molar-refractivity contribution in [2.24, 2.45) is 0 Å². The van der Waals surface area contributed by atoms with Crippen molar-refractivity contribution in [1.82, 2.24) is 15.2 Å². The summed E-state index contributed by atoms with van der Waals surface area (Å²) in [6.45, 7) is 0. The summed E-state index contributed by atoms with van der Waals surface area (Å²) in [4.78, 5) is 55.7. The number of rotatable bonds is 8. The molecule has 182 valence electrons. The van der Waals surface area contributed by atoms with Gasteiger partial charge in [-0.1, -0.05) is 6.07 Å². The van der Waals surface area contributed by atoms with Gasteiger partial charge >= 0.3 is 12.0 Å². The first-order chi connectivity index (χ1) is 16.8. The van der Waals surface area contributed by atoms with Gasteiger partial charge in [0.05, 0.1) is 20.5 Å². The van der Waals surface area contributed by atoms with Gasteiger partial charge in [-0.25, -0.2) is 23.9 Å². The van der Waals surface area contributed by atoms with Gasteiger partial charge in [0, 0.05) is 11.8 Å². The summed E-state index contributed by atoms with van der Waals surface area (Å²) in [6, 6.07) is 3.68. The van der Waals surface area contributed by atoms with Crippen molar-refractivity contribution in [3.8, 4) is 5.75 Å². The highest BCUT2D eigenvalue weighted by molar-refractivity contribution is 7.14. The third kappa shape index (κ3) is 4.84. The van der Waals surface area contributed by atoms with E-state index in [4.69, 9.17) is 9.15 Å². The van der Waals surface area contributed by atoms with Crippen molar-refractivity contribution in [3.05, 3.63) is 64.8 Å². The van der Waals surface area contributed by atoms with E-state index in [9.17, 15) is 23.6 Å². The van der Waals surface area contributed by atoms with E-state index in [1.807, 2.05) is 0 Å². The Hall–Kier alpha value is -4.26. The molecular formula is C22H19FN4O7S. The Labute approximate surface area is 201 Å². The van der Waals surface area contributed by atoms with Crippen LogP contribution in [-0.4, -0.2) is 54.0 Å². The van der Waals surface area contributed by atoms with Crippen LogP contribution in [0.1, 0.15) is 27.9 Å². The molecule has 2 atom stereocenters. The number of thiazole rings is 1. The van der Waals surface area contributed by atoms with Crippen molar-refractivity contribution in [2.75, 3.05) is 19.5 Å². The molecule has 1 aromatic carbocycles. The fraction of sp³-hybridized carbons (Fsp3) is 0.227. The van der Waals surface area contributed by atoms with Crippen molar-refractivity contribution in [3.63, 3.8) is 0 Å². The second kappa shape index (κ2) is 9.93.